The van der Waals surface area contributed by atoms with Gasteiger partial charge in [-0.3, -0.25) is 4.57 Å². The third-order valence-electron chi connectivity index (χ3n) is 13.6. The van der Waals surface area contributed by atoms with Crippen molar-refractivity contribution in [2.45, 2.75) is 19.3 Å². The maximum atomic E-state index is 5.46. The second-order valence-corrected chi connectivity index (χ2v) is 17.6. The Morgan fingerprint density at radius 1 is 0.338 bits per heavy atom. The first kappa shape index (κ1) is 37.2. The van der Waals surface area contributed by atoms with E-state index in [4.69, 9.17) is 15.0 Å². The molecule has 9 aromatic carbocycles. The third kappa shape index (κ3) is 5.75. The summed E-state index contributed by atoms with van der Waals surface area (Å²) in [5, 5.41) is 4.61. The van der Waals surface area contributed by atoms with Gasteiger partial charge in [-0.15, -0.1) is 0 Å². The summed E-state index contributed by atoms with van der Waals surface area (Å²) in [5.41, 5.74) is 17.0. The molecule has 306 valence electrons. The van der Waals surface area contributed by atoms with Crippen molar-refractivity contribution in [1.82, 2.24) is 24.1 Å². The molecule has 0 saturated heterocycles. The van der Waals surface area contributed by atoms with E-state index in [2.05, 4.69) is 217 Å². The molecule has 0 N–H and O–H groups in total. The summed E-state index contributed by atoms with van der Waals surface area (Å²) >= 11 is 0. The van der Waals surface area contributed by atoms with Gasteiger partial charge in [0.25, 0.3) is 0 Å². The molecule has 5 nitrogen and oxygen atoms in total. The number of rotatable bonds is 6. The van der Waals surface area contributed by atoms with Crippen LogP contribution in [0.2, 0.25) is 0 Å². The Kier molecular flexibility index (Phi) is 8.18. The van der Waals surface area contributed by atoms with E-state index in [0.717, 1.165) is 60.6 Å². The minimum atomic E-state index is -0.170. The second-order valence-electron chi connectivity index (χ2n) is 17.6. The highest BCUT2D eigenvalue weighted by Crippen LogP contribution is 2.49. The molecule has 13 rings (SSSR count). The normalized spacial score (nSPS) is 12.9. The van der Waals surface area contributed by atoms with Crippen molar-refractivity contribution >= 4 is 43.6 Å². The van der Waals surface area contributed by atoms with Crippen LogP contribution in [0.5, 0.6) is 0 Å². The predicted molar refractivity (Wildman–Crippen MR) is 268 cm³/mol. The quantitative estimate of drug-likeness (QED) is 0.168. The lowest BCUT2D eigenvalue weighted by Gasteiger charge is -2.21. The second kappa shape index (κ2) is 14.3. The fourth-order valence-corrected chi connectivity index (χ4v) is 10.4. The van der Waals surface area contributed by atoms with Gasteiger partial charge in [0.15, 0.2) is 11.6 Å². The van der Waals surface area contributed by atoms with Crippen molar-refractivity contribution in [3.8, 4) is 67.8 Å². The van der Waals surface area contributed by atoms with Gasteiger partial charge < -0.3 is 4.57 Å². The summed E-state index contributed by atoms with van der Waals surface area (Å²) < 4.78 is 4.70. The third-order valence-corrected chi connectivity index (χ3v) is 13.6. The lowest BCUT2D eigenvalue weighted by Crippen LogP contribution is -2.15. The highest BCUT2D eigenvalue weighted by Gasteiger charge is 2.35. The van der Waals surface area contributed by atoms with Crippen LogP contribution in [0, 0.1) is 0 Å². The lowest BCUT2D eigenvalue weighted by atomic mass is 9.82. The molecule has 0 aliphatic heterocycles. The molecule has 0 spiro atoms. The van der Waals surface area contributed by atoms with Crippen LogP contribution >= 0.6 is 0 Å². The highest BCUT2D eigenvalue weighted by atomic mass is 15.2. The van der Waals surface area contributed by atoms with E-state index < -0.39 is 0 Å². The summed E-state index contributed by atoms with van der Waals surface area (Å²) in [5.74, 6) is 1.83. The average molecular weight is 832 g/mol. The van der Waals surface area contributed by atoms with Crippen LogP contribution in [0.25, 0.3) is 111 Å². The number of aromatic nitrogens is 5. The molecule has 5 heteroatoms. The molecule has 0 unspecified atom stereocenters. The molecule has 0 atom stereocenters. The molecule has 12 aromatic rings. The summed E-state index contributed by atoms with van der Waals surface area (Å²) in [7, 11) is 0. The largest absolute Gasteiger partial charge is 0.307 e. The Bertz CT molecular complexity index is 3840. The smallest absolute Gasteiger partial charge is 0.238 e. The number of para-hydroxylation sites is 2. The Morgan fingerprint density at radius 3 is 1.54 bits per heavy atom. The van der Waals surface area contributed by atoms with E-state index >= 15 is 0 Å². The van der Waals surface area contributed by atoms with Gasteiger partial charge in [0, 0.05) is 43.8 Å². The van der Waals surface area contributed by atoms with Gasteiger partial charge in [0.1, 0.15) is 0 Å². The van der Waals surface area contributed by atoms with Crippen LogP contribution in [-0.2, 0) is 5.41 Å². The van der Waals surface area contributed by atoms with Gasteiger partial charge in [-0.05, 0) is 80.9 Å². The first-order chi connectivity index (χ1) is 32.0. The Hall–Kier alpha value is -8.41. The zero-order chi connectivity index (χ0) is 43.2. The Balaban J connectivity index is 1.05. The van der Waals surface area contributed by atoms with Crippen LogP contribution in [0.15, 0.2) is 212 Å². The van der Waals surface area contributed by atoms with E-state index in [1.807, 2.05) is 18.2 Å². The SMILES string of the molecule is CC1(C)c2ccccc2-c2ccc(-c3nc(-c4ccccc4)nc(-n4c5ccccc5c5ccc6c7ccccc7n(-c7ccc(-c8cccc(-c9ccccc9)c8)cc7)c6c54)n3)cc21. The molecule has 65 heavy (non-hydrogen) atoms. The van der Waals surface area contributed by atoms with Crippen LogP contribution in [0.3, 0.4) is 0 Å². The molecule has 1 aliphatic rings. The summed E-state index contributed by atoms with van der Waals surface area (Å²) in [6.07, 6.45) is 0. The molecular weight excluding hydrogens is 791 g/mol. The maximum Gasteiger partial charge on any atom is 0.238 e. The van der Waals surface area contributed by atoms with Crippen LogP contribution in [0.1, 0.15) is 25.0 Å². The van der Waals surface area contributed by atoms with E-state index in [9.17, 15) is 0 Å². The molecule has 1 aliphatic carbocycles. The number of hydrogen-bond acceptors (Lipinski definition) is 3. The zero-order valence-electron chi connectivity index (χ0n) is 35.9. The molecule has 0 saturated carbocycles. The van der Waals surface area contributed by atoms with Gasteiger partial charge in [0.05, 0.1) is 22.1 Å². The van der Waals surface area contributed by atoms with Crippen molar-refractivity contribution in [3.05, 3.63) is 223 Å². The molecule has 3 aromatic heterocycles. The minimum Gasteiger partial charge on any atom is -0.307 e. The van der Waals surface area contributed by atoms with E-state index in [1.54, 1.807) is 0 Å². The standard InChI is InChI=1S/C60H41N5/c1-60(2)51-25-12-9-22-45(51)46-33-30-43(37-52(46)60)58-61-57(40-18-7-4-8-19-40)62-59(63-58)65-54-27-14-11-24-48(54)50-35-34-49-47-23-10-13-26-53(47)64(55(49)56(50)65)44-31-28-39(29-32-44)42-21-15-20-41(36-42)38-16-5-3-6-17-38/h3-37H,1-2H3. The van der Waals surface area contributed by atoms with Gasteiger partial charge in [-0.2, -0.15) is 9.97 Å². The van der Waals surface area contributed by atoms with E-state index in [1.165, 1.54) is 44.3 Å². The van der Waals surface area contributed by atoms with Crippen molar-refractivity contribution in [2.75, 3.05) is 0 Å². The first-order valence-electron chi connectivity index (χ1n) is 22.3. The highest BCUT2D eigenvalue weighted by molar-refractivity contribution is 6.23. The molecular formula is C60H41N5. The van der Waals surface area contributed by atoms with Gasteiger partial charge in [-0.1, -0.05) is 190 Å². The molecule has 0 fully saturated rings. The van der Waals surface area contributed by atoms with Gasteiger partial charge in [-0.25, -0.2) is 4.98 Å². The van der Waals surface area contributed by atoms with Crippen molar-refractivity contribution < 1.29 is 0 Å². The molecule has 0 amide bonds. The van der Waals surface area contributed by atoms with Crippen molar-refractivity contribution in [3.63, 3.8) is 0 Å². The monoisotopic (exact) mass is 831 g/mol. The predicted octanol–water partition coefficient (Wildman–Crippen LogP) is 15.0. The first-order valence-corrected chi connectivity index (χ1v) is 22.3. The summed E-state index contributed by atoms with van der Waals surface area (Å²) in [6, 6.07) is 76.1. The topological polar surface area (TPSA) is 48.5 Å². The summed E-state index contributed by atoms with van der Waals surface area (Å²) in [6.45, 7) is 4.63. The van der Waals surface area contributed by atoms with Crippen LogP contribution in [-0.4, -0.2) is 24.1 Å². The van der Waals surface area contributed by atoms with E-state index in [0.29, 0.717) is 17.6 Å². The van der Waals surface area contributed by atoms with Crippen molar-refractivity contribution in [2.24, 2.45) is 0 Å². The average Bonchev–Trinajstić information content (AvgIpc) is 3.97. The number of fused-ring (bicyclic) bond motifs is 10. The number of nitrogens with zero attached hydrogens (tertiary/aromatic N) is 5. The molecule has 3 heterocycles. The van der Waals surface area contributed by atoms with Gasteiger partial charge in [0.2, 0.25) is 5.95 Å². The van der Waals surface area contributed by atoms with Crippen LogP contribution in [0.4, 0.5) is 0 Å². The molecule has 0 bridgehead atoms. The number of benzene rings is 9. The Morgan fingerprint density at radius 2 is 0.846 bits per heavy atom. The summed E-state index contributed by atoms with van der Waals surface area (Å²) in [4.78, 5) is 16.1. The fourth-order valence-electron chi connectivity index (χ4n) is 10.4. The Labute approximate surface area is 376 Å². The van der Waals surface area contributed by atoms with E-state index in [-0.39, 0.29) is 5.41 Å². The van der Waals surface area contributed by atoms with Crippen molar-refractivity contribution in [1.29, 1.82) is 0 Å². The minimum absolute atomic E-state index is 0.170. The fraction of sp³-hybridized carbons (Fsp3) is 0.0500. The number of hydrogen-bond donors (Lipinski definition) is 0. The molecule has 0 radical (unpaired) electrons. The van der Waals surface area contributed by atoms with Crippen LogP contribution < -0.4 is 0 Å². The zero-order valence-corrected chi connectivity index (χ0v) is 35.9. The maximum absolute atomic E-state index is 5.46. The van der Waals surface area contributed by atoms with Gasteiger partial charge >= 0.3 is 0 Å². The lowest BCUT2D eigenvalue weighted by molar-refractivity contribution is 0.660.